The first kappa shape index (κ1) is 11.6. The standard InChI is InChI=1S/C13H18O2/c1-5-6-11-7-8-12(15-10(2)3)13(9-11)14-4/h5,7-10H,1,6H2,2-4H3. The Bertz CT molecular complexity index is 329. The summed E-state index contributed by atoms with van der Waals surface area (Å²) in [6, 6.07) is 5.96. The van der Waals surface area contributed by atoms with Crippen molar-refractivity contribution in [2.45, 2.75) is 26.4 Å². The fraction of sp³-hybridized carbons (Fsp3) is 0.385. The second-order valence-electron chi connectivity index (χ2n) is 3.64. The van der Waals surface area contributed by atoms with Gasteiger partial charge in [0.1, 0.15) is 0 Å². The molecule has 0 aliphatic rings. The topological polar surface area (TPSA) is 18.5 Å². The minimum Gasteiger partial charge on any atom is -0.493 e. The Labute approximate surface area is 91.5 Å². The molecule has 15 heavy (non-hydrogen) atoms. The van der Waals surface area contributed by atoms with Gasteiger partial charge in [0, 0.05) is 0 Å². The van der Waals surface area contributed by atoms with Crippen molar-refractivity contribution in [3.05, 3.63) is 36.4 Å². The molecule has 1 rings (SSSR count). The van der Waals surface area contributed by atoms with E-state index in [-0.39, 0.29) is 6.10 Å². The molecular weight excluding hydrogens is 188 g/mol. The largest absolute Gasteiger partial charge is 0.493 e. The van der Waals surface area contributed by atoms with Crippen LogP contribution in [0.3, 0.4) is 0 Å². The number of methoxy groups -OCH3 is 1. The van der Waals surface area contributed by atoms with Gasteiger partial charge in [-0.15, -0.1) is 6.58 Å². The molecule has 0 bridgehead atoms. The molecule has 0 heterocycles. The van der Waals surface area contributed by atoms with E-state index in [9.17, 15) is 0 Å². The number of hydrogen-bond acceptors (Lipinski definition) is 2. The van der Waals surface area contributed by atoms with E-state index in [4.69, 9.17) is 9.47 Å². The molecule has 0 radical (unpaired) electrons. The number of benzene rings is 1. The van der Waals surface area contributed by atoms with E-state index in [0.29, 0.717) is 0 Å². The Morgan fingerprint density at radius 2 is 2.07 bits per heavy atom. The number of allylic oxidation sites excluding steroid dienone is 1. The van der Waals surface area contributed by atoms with E-state index in [1.54, 1.807) is 7.11 Å². The first-order valence-corrected chi connectivity index (χ1v) is 5.11. The van der Waals surface area contributed by atoms with Crippen LogP contribution in [0, 0.1) is 0 Å². The molecule has 82 valence electrons. The van der Waals surface area contributed by atoms with Crippen molar-refractivity contribution < 1.29 is 9.47 Å². The molecule has 0 unspecified atom stereocenters. The lowest BCUT2D eigenvalue weighted by Gasteiger charge is -2.14. The van der Waals surface area contributed by atoms with Gasteiger partial charge >= 0.3 is 0 Å². The maximum atomic E-state index is 5.62. The zero-order chi connectivity index (χ0) is 11.3. The highest BCUT2D eigenvalue weighted by Crippen LogP contribution is 2.29. The predicted octanol–water partition coefficient (Wildman–Crippen LogP) is 3.21. The molecule has 0 aromatic heterocycles. The molecule has 0 aliphatic heterocycles. The Morgan fingerprint density at radius 1 is 1.33 bits per heavy atom. The van der Waals surface area contributed by atoms with Gasteiger partial charge in [-0.2, -0.15) is 0 Å². The zero-order valence-corrected chi connectivity index (χ0v) is 9.62. The second-order valence-corrected chi connectivity index (χ2v) is 3.64. The van der Waals surface area contributed by atoms with Gasteiger partial charge in [0.25, 0.3) is 0 Å². The van der Waals surface area contributed by atoms with Gasteiger partial charge < -0.3 is 9.47 Å². The fourth-order valence-electron chi connectivity index (χ4n) is 1.36. The molecule has 0 fully saturated rings. The predicted molar refractivity (Wildman–Crippen MR) is 62.7 cm³/mol. The van der Waals surface area contributed by atoms with Crippen molar-refractivity contribution in [3.8, 4) is 11.5 Å². The molecule has 0 amide bonds. The van der Waals surface area contributed by atoms with Crippen LogP contribution in [0.2, 0.25) is 0 Å². The minimum absolute atomic E-state index is 0.157. The number of ether oxygens (including phenoxy) is 2. The van der Waals surface area contributed by atoms with Gasteiger partial charge in [-0.25, -0.2) is 0 Å². The van der Waals surface area contributed by atoms with E-state index in [0.717, 1.165) is 17.9 Å². The first-order chi connectivity index (χ1) is 7.17. The quantitative estimate of drug-likeness (QED) is 0.689. The summed E-state index contributed by atoms with van der Waals surface area (Å²) in [5.74, 6) is 1.57. The molecule has 2 nitrogen and oxygen atoms in total. The van der Waals surface area contributed by atoms with Crippen LogP contribution >= 0.6 is 0 Å². The van der Waals surface area contributed by atoms with Gasteiger partial charge in [0.2, 0.25) is 0 Å². The molecule has 0 saturated carbocycles. The van der Waals surface area contributed by atoms with Crippen molar-refractivity contribution in [2.75, 3.05) is 7.11 Å². The maximum absolute atomic E-state index is 5.62. The minimum atomic E-state index is 0.157. The Hall–Kier alpha value is -1.44. The smallest absolute Gasteiger partial charge is 0.161 e. The highest BCUT2D eigenvalue weighted by Gasteiger charge is 2.06. The molecule has 0 spiro atoms. The normalized spacial score (nSPS) is 10.1. The highest BCUT2D eigenvalue weighted by molar-refractivity contribution is 5.43. The molecule has 1 aromatic carbocycles. The van der Waals surface area contributed by atoms with Gasteiger partial charge in [0.15, 0.2) is 11.5 Å². The highest BCUT2D eigenvalue weighted by atomic mass is 16.5. The van der Waals surface area contributed by atoms with Gasteiger partial charge in [-0.1, -0.05) is 12.1 Å². The molecule has 0 aliphatic carbocycles. The first-order valence-electron chi connectivity index (χ1n) is 5.11. The van der Waals surface area contributed by atoms with Crippen LogP contribution in [0.15, 0.2) is 30.9 Å². The lowest BCUT2D eigenvalue weighted by atomic mass is 10.1. The SMILES string of the molecule is C=CCc1ccc(OC(C)C)c(OC)c1. The monoisotopic (exact) mass is 206 g/mol. The van der Waals surface area contributed by atoms with Crippen molar-refractivity contribution in [1.82, 2.24) is 0 Å². The van der Waals surface area contributed by atoms with Crippen molar-refractivity contribution in [1.29, 1.82) is 0 Å². The average Bonchev–Trinajstić information content (AvgIpc) is 2.20. The van der Waals surface area contributed by atoms with Crippen LogP contribution in [0.5, 0.6) is 11.5 Å². The fourth-order valence-corrected chi connectivity index (χ4v) is 1.36. The van der Waals surface area contributed by atoms with Crippen molar-refractivity contribution in [2.24, 2.45) is 0 Å². The van der Waals surface area contributed by atoms with Crippen LogP contribution in [-0.4, -0.2) is 13.2 Å². The Morgan fingerprint density at radius 3 is 2.60 bits per heavy atom. The summed E-state index contributed by atoms with van der Waals surface area (Å²) < 4.78 is 10.9. The third-order valence-corrected chi connectivity index (χ3v) is 1.97. The van der Waals surface area contributed by atoms with Gasteiger partial charge in [0.05, 0.1) is 13.2 Å². The van der Waals surface area contributed by atoms with E-state index >= 15 is 0 Å². The van der Waals surface area contributed by atoms with E-state index in [1.165, 1.54) is 5.56 Å². The van der Waals surface area contributed by atoms with Gasteiger partial charge in [-0.3, -0.25) is 0 Å². The van der Waals surface area contributed by atoms with E-state index in [2.05, 4.69) is 6.58 Å². The van der Waals surface area contributed by atoms with E-state index in [1.807, 2.05) is 38.1 Å². The lowest BCUT2D eigenvalue weighted by molar-refractivity contribution is 0.230. The summed E-state index contributed by atoms with van der Waals surface area (Å²) in [5, 5.41) is 0. The van der Waals surface area contributed by atoms with Crippen molar-refractivity contribution >= 4 is 0 Å². The third-order valence-electron chi connectivity index (χ3n) is 1.97. The summed E-state index contributed by atoms with van der Waals surface area (Å²) in [6.45, 7) is 7.70. The van der Waals surface area contributed by atoms with Gasteiger partial charge in [-0.05, 0) is 38.0 Å². The van der Waals surface area contributed by atoms with Crippen LogP contribution in [0.4, 0.5) is 0 Å². The number of rotatable bonds is 5. The van der Waals surface area contributed by atoms with Crippen LogP contribution in [0.1, 0.15) is 19.4 Å². The summed E-state index contributed by atoms with van der Waals surface area (Å²) in [4.78, 5) is 0. The van der Waals surface area contributed by atoms with Crippen LogP contribution < -0.4 is 9.47 Å². The van der Waals surface area contributed by atoms with Crippen LogP contribution in [0.25, 0.3) is 0 Å². The average molecular weight is 206 g/mol. The maximum Gasteiger partial charge on any atom is 0.161 e. The molecule has 0 saturated heterocycles. The summed E-state index contributed by atoms with van der Waals surface area (Å²) in [7, 11) is 1.65. The second kappa shape index (κ2) is 5.44. The summed E-state index contributed by atoms with van der Waals surface area (Å²) in [6.07, 6.45) is 2.87. The summed E-state index contributed by atoms with van der Waals surface area (Å²) in [5.41, 5.74) is 1.18. The molecule has 1 aromatic rings. The Balaban J connectivity index is 2.92. The Kier molecular flexibility index (Phi) is 4.22. The summed E-state index contributed by atoms with van der Waals surface area (Å²) >= 11 is 0. The molecule has 2 heteroatoms. The molecule has 0 N–H and O–H groups in total. The lowest BCUT2D eigenvalue weighted by Crippen LogP contribution is -2.06. The molecular formula is C13H18O2. The van der Waals surface area contributed by atoms with Crippen molar-refractivity contribution in [3.63, 3.8) is 0 Å². The number of hydrogen-bond donors (Lipinski definition) is 0. The zero-order valence-electron chi connectivity index (χ0n) is 9.62. The van der Waals surface area contributed by atoms with Crippen LogP contribution in [-0.2, 0) is 6.42 Å². The molecule has 0 atom stereocenters. The van der Waals surface area contributed by atoms with E-state index < -0.39 is 0 Å². The third kappa shape index (κ3) is 3.31.